The number of ether oxygens (including phenoxy) is 1. The van der Waals surface area contributed by atoms with Crippen molar-refractivity contribution in [2.45, 2.75) is 32.2 Å². The van der Waals surface area contributed by atoms with Crippen LogP contribution in [0.25, 0.3) is 0 Å². The van der Waals surface area contributed by atoms with Crippen molar-refractivity contribution in [3.8, 4) is 5.88 Å². The molecule has 5 heteroatoms. The first-order valence-electron chi connectivity index (χ1n) is 7.85. The molecular weight excluding hydrogens is 264 g/mol. The monoisotopic (exact) mass is 288 g/mol. The van der Waals surface area contributed by atoms with Gasteiger partial charge < -0.3 is 15.4 Å². The van der Waals surface area contributed by atoms with Gasteiger partial charge in [0, 0.05) is 32.4 Å². The molecule has 0 spiro atoms. The molecule has 0 unspecified atom stereocenters. The van der Waals surface area contributed by atoms with Gasteiger partial charge in [-0.3, -0.25) is 4.99 Å². The molecule has 114 valence electrons. The van der Waals surface area contributed by atoms with Crippen LogP contribution in [0.15, 0.2) is 23.3 Å². The summed E-state index contributed by atoms with van der Waals surface area (Å²) in [4.78, 5) is 8.57. The number of hydrogen-bond acceptors (Lipinski definition) is 3. The highest BCUT2D eigenvalue weighted by molar-refractivity contribution is 5.79. The van der Waals surface area contributed by atoms with Gasteiger partial charge in [-0.2, -0.15) is 0 Å². The van der Waals surface area contributed by atoms with Gasteiger partial charge in [0.25, 0.3) is 0 Å². The molecule has 1 heterocycles. The zero-order valence-corrected chi connectivity index (χ0v) is 12.6. The Hall–Kier alpha value is -1.78. The summed E-state index contributed by atoms with van der Waals surface area (Å²) in [5.41, 5.74) is 1.13. The minimum Gasteiger partial charge on any atom is -0.477 e. The van der Waals surface area contributed by atoms with Crippen LogP contribution >= 0.6 is 0 Å². The van der Waals surface area contributed by atoms with Crippen LogP contribution in [-0.2, 0) is 6.54 Å². The van der Waals surface area contributed by atoms with Crippen LogP contribution in [0.2, 0.25) is 0 Å². The molecule has 1 aromatic heterocycles. The van der Waals surface area contributed by atoms with Crippen LogP contribution in [0, 0.1) is 11.8 Å². The van der Waals surface area contributed by atoms with E-state index >= 15 is 0 Å². The lowest BCUT2D eigenvalue weighted by molar-refractivity contribution is 0.288. The van der Waals surface area contributed by atoms with E-state index in [1.54, 1.807) is 7.05 Å². The molecule has 2 aliphatic carbocycles. The second kappa shape index (κ2) is 6.78. The van der Waals surface area contributed by atoms with Crippen LogP contribution in [0.1, 0.15) is 31.2 Å². The Balaban J connectivity index is 1.40. The van der Waals surface area contributed by atoms with Gasteiger partial charge in [-0.25, -0.2) is 4.98 Å². The molecule has 0 bridgehead atoms. The van der Waals surface area contributed by atoms with Crippen LogP contribution < -0.4 is 15.4 Å². The van der Waals surface area contributed by atoms with Gasteiger partial charge in [0.1, 0.15) is 0 Å². The number of nitrogens with one attached hydrogen (secondary N) is 2. The van der Waals surface area contributed by atoms with Crippen LogP contribution in [-0.4, -0.2) is 31.1 Å². The summed E-state index contributed by atoms with van der Waals surface area (Å²) >= 11 is 0. The first-order chi connectivity index (χ1) is 10.3. The van der Waals surface area contributed by atoms with Gasteiger partial charge in [-0.05, 0) is 43.1 Å². The van der Waals surface area contributed by atoms with Crippen molar-refractivity contribution in [3.63, 3.8) is 0 Å². The average molecular weight is 288 g/mol. The van der Waals surface area contributed by atoms with Gasteiger partial charge in [-0.1, -0.05) is 6.07 Å². The SMILES string of the molecule is CN=C(NCc1ccc(OCC2CC2)nc1)NCC1CC1. The van der Waals surface area contributed by atoms with Crippen LogP contribution in [0.3, 0.4) is 0 Å². The summed E-state index contributed by atoms with van der Waals surface area (Å²) in [6.07, 6.45) is 7.15. The topological polar surface area (TPSA) is 58.5 Å². The van der Waals surface area contributed by atoms with E-state index in [-0.39, 0.29) is 0 Å². The number of aliphatic imine (C=N–C) groups is 1. The summed E-state index contributed by atoms with van der Waals surface area (Å²) in [6.45, 7) is 2.55. The number of hydrogen-bond donors (Lipinski definition) is 2. The lowest BCUT2D eigenvalue weighted by Gasteiger charge is -2.11. The Morgan fingerprint density at radius 3 is 2.67 bits per heavy atom. The minimum absolute atomic E-state index is 0.722. The first-order valence-corrected chi connectivity index (χ1v) is 7.85. The Labute approximate surface area is 126 Å². The number of rotatable bonds is 7. The van der Waals surface area contributed by atoms with Gasteiger partial charge in [0.05, 0.1) is 6.61 Å². The number of pyridine rings is 1. The summed E-state index contributed by atoms with van der Waals surface area (Å²) in [7, 11) is 1.80. The third kappa shape index (κ3) is 4.92. The fourth-order valence-corrected chi connectivity index (χ4v) is 2.06. The predicted octanol–water partition coefficient (Wildman–Crippen LogP) is 1.95. The van der Waals surface area contributed by atoms with E-state index in [1.807, 2.05) is 12.3 Å². The Kier molecular flexibility index (Phi) is 4.58. The Morgan fingerprint density at radius 2 is 2.05 bits per heavy atom. The third-order valence-corrected chi connectivity index (χ3v) is 3.90. The smallest absolute Gasteiger partial charge is 0.213 e. The first kappa shape index (κ1) is 14.2. The molecule has 0 atom stereocenters. The highest BCUT2D eigenvalue weighted by atomic mass is 16.5. The molecule has 0 aliphatic heterocycles. The number of nitrogens with zero attached hydrogens (tertiary/aromatic N) is 2. The van der Waals surface area contributed by atoms with Crippen molar-refractivity contribution in [2.24, 2.45) is 16.8 Å². The quantitative estimate of drug-likeness (QED) is 0.595. The molecular formula is C16H24N4O. The maximum Gasteiger partial charge on any atom is 0.213 e. The molecule has 0 saturated heterocycles. The van der Waals surface area contributed by atoms with Crippen LogP contribution in [0.5, 0.6) is 5.88 Å². The van der Waals surface area contributed by atoms with Crippen molar-refractivity contribution in [1.82, 2.24) is 15.6 Å². The maximum atomic E-state index is 5.64. The fraction of sp³-hybridized carbons (Fsp3) is 0.625. The summed E-state index contributed by atoms with van der Waals surface area (Å²) in [5.74, 6) is 3.18. The van der Waals surface area contributed by atoms with Gasteiger partial charge in [0.15, 0.2) is 5.96 Å². The normalized spacial score (nSPS) is 18.4. The van der Waals surface area contributed by atoms with Crippen molar-refractivity contribution < 1.29 is 4.74 Å². The zero-order valence-electron chi connectivity index (χ0n) is 12.6. The lowest BCUT2D eigenvalue weighted by atomic mass is 10.3. The summed E-state index contributed by atoms with van der Waals surface area (Å²) < 4.78 is 5.64. The van der Waals surface area contributed by atoms with Gasteiger partial charge >= 0.3 is 0 Å². The molecule has 1 aromatic rings. The molecule has 0 radical (unpaired) electrons. The predicted molar refractivity (Wildman–Crippen MR) is 83.4 cm³/mol. The molecule has 5 nitrogen and oxygen atoms in total. The van der Waals surface area contributed by atoms with E-state index < -0.39 is 0 Å². The largest absolute Gasteiger partial charge is 0.477 e. The summed E-state index contributed by atoms with van der Waals surface area (Å²) in [6, 6.07) is 4.00. The van der Waals surface area contributed by atoms with Gasteiger partial charge in [0.2, 0.25) is 5.88 Å². The highest BCUT2D eigenvalue weighted by Crippen LogP contribution is 2.29. The number of guanidine groups is 1. The molecule has 0 amide bonds. The molecule has 2 saturated carbocycles. The van der Waals surface area contributed by atoms with Crippen molar-refractivity contribution in [3.05, 3.63) is 23.9 Å². The number of aromatic nitrogens is 1. The van der Waals surface area contributed by atoms with E-state index in [2.05, 4.69) is 26.7 Å². The minimum atomic E-state index is 0.722. The molecule has 2 N–H and O–H groups in total. The standard InChI is InChI=1S/C16H24N4O/c1-17-16(19-8-12-2-3-12)20-10-14-6-7-15(18-9-14)21-11-13-4-5-13/h6-7,9,12-13H,2-5,8,10-11H2,1H3,(H2,17,19,20). The van der Waals surface area contributed by atoms with Crippen molar-refractivity contribution >= 4 is 5.96 Å². The molecule has 2 fully saturated rings. The average Bonchev–Trinajstić information content (AvgIpc) is 3.40. The lowest BCUT2D eigenvalue weighted by Crippen LogP contribution is -2.37. The maximum absolute atomic E-state index is 5.64. The van der Waals surface area contributed by atoms with Gasteiger partial charge in [-0.15, -0.1) is 0 Å². The highest BCUT2D eigenvalue weighted by Gasteiger charge is 2.22. The van der Waals surface area contributed by atoms with Crippen LogP contribution in [0.4, 0.5) is 0 Å². The van der Waals surface area contributed by atoms with E-state index in [0.29, 0.717) is 0 Å². The molecule has 0 aromatic carbocycles. The summed E-state index contributed by atoms with van der Waals surface area (Å²) in [5, 5.41) is 6.65. The molecule has 3 rings (SSSR count). The Morgan fingerprint density at radius 1 is 1.24 bits per heavy atom. The third-order valence-electron chi connectivity index (χ3n) is 3.90. The Bertz CT molecular complexity index is 478. The zero-order chi connectivity index (χ0) is 14.5. The van der Waals surface area contributed by atoms with Crippen molar-refractivity contribution in [1.29, 1.82) is 0 Å². The second-order valence-electron chi connectivity index (χ2n) is 6.01. The van der Waals surface area contributed by atoms with E-state index in [9.17, 15) is 0 Å². The van der Waals surface area contributed by atoms with E-state index in [0.717, 1.165) is 48.9 Å². The van der Waals surface area contributed by atoms with E-state index in [1.165, 1.54) is 25.7 Å². The fourth-order valence-electron chi connectivity index (χ4n) is 2.06. The second-order valence-corrected chi connectivity index (χ2v) is 6.01. The molecule has 2 aliphatic rings. The van der Waals surface area contributed by atoms with E-state index in [4.69, 9.17) is 4.74 Å². The molecule has 21 heavy (non-hydrogen) atoms. The van der Waals surface area contributed by atoms with Crippen molar-refractivity contribution in [2.75, 3.05) is 20.2 Å².